The van der Waals surface area contributed by atoms with E-state index in [-0.39, 0.29) is 11.4 Å². The largest absolute Gasteiger partial charge is 0.284 e. The van der Waals surface area contributed by atoms with E-state index in [1.54, 1.807) is 7.05 Å². The molecule has 1 heterocycles. The molecule has 2 aliphatic carbocycles. The van der Waals surface area contributed by atoms with E-state index in [1.807, 2.05) is 24.3 Å². The Morgan fingerprint density at radius 2 is 2.04 bits per heavy atom. The lowest BCUT2D eigenvalue weighted by Crippen LogP contribution is -2.19. The predicted octanol–water partition coefficient (Wildman–Crippen LogP) is 4.56. The molecule has 3 unspecified atom stereocenters. The number of benzene rings is 1. The maximum absolute atomic E-state index is 13.4. The fourth-order valence-electron chi connectivity index (χ4n) is 4.72. The smallest absolute Gasteiger partial charge is 0.280 e. The number of rotatable bonds is 5. The van der Waals surface area contributed by atoms with E-state index in [0.29, 0.717) is 23.9 Å². The van der Waals surface area contributed by atoms with Gasteiger partial charge in [0.1, 0.15) is 0 Å². The summed E-state index contributed by atoms with van der Waals surface area (Å²) in [7, 11) is 1.58. The van der Waals surface area contributed by atoms with Crippen LogP contribution in [0.5, 0.6) is 0 Å². The quantitative estimate of drug-likeness (QED) is 0.745. The highest BCUT2D eigenvalue weighted by Crippen LogP contribution is 2.54. The van der Waals surface area contributed by atoms with Crippen molar-refractivity contribution in [2.75, 3.05) is 4.90 Å². The van der Waals surface area contributed by atoms with Gasteiger partial charge in [0.05, 0.1) is 11.4 Å². The molecule has 4 rings (SSSR count). The van der Waals surface area contributed by atoms with Gasteiger partial charge in [-0.25, -0.2) is 8.78 Å². The number of carbonyl (C=O) groups excluding carboxylic acids is 1. The molecule has 0 aliphatic heterocycles. The monoisotopic (exact) mass is 345 g/mol. The van der Waals surface area contributed by atoms with Gasteiger partial charge in [0.15, 0.2) is 5.69 Å². The van der Waals surface area contributed by atoms with Gasteiger partial charge in [-0.15, -0.1) is 0 Å². The van der Waals surface area contributed by atoms with Crippen LogP contribution in [0, 0.1) is 11.8 Å². The SMILES string of the molecule is Cn1cc(N(C=O)c2ccccc2C2CC3CCC2C3)c(C(F)F)n1. The van der Waals surface area contributed by atoms with Crippen LogP contribution in [-0.2, 0) is 11.8 Å². The molecular formula is C19H21F2N3O. The summed E-state index contributed by atoms with van der Waals surface area (Å²) >= 11 is 0. The molecule has 3 atom stereocenters. The highest BCUT2D eigenvalue weighted by molar-refractivity contribution is 5.88. The first kappa shape index (κ1) is 16.2. The molecular weight excluding hydrogens is 324 g/mol. The summed E-state index contributed by atoms with van der Waals surface area (Å²) in [6, 6.07) is 7.69. The van der Waals surface area contributed by atoms with Gasteiger partial charge in [-0.2, -0.15) is 5.10 Å². The van der Waals surface area contributed by atoms with E-state index in [0.717, 1.165) is 17.9 Å². The third kappa shape index (κ3) is 2.73. The number of hydrogen-bond donors (Lipinski definition) is 0. The van der Waals surface area contributed by atoms with Crippen molar-refractivity contribution in [3.8, 4) is 0 Å². The maximum Gasteiger partial charge on any atom is 0.284 e. The maximum atomic E-state index is 13.4. The van der Waals surface area contributed by atoms with E-state index >= 15 is 0 Å². The van der Waals surface area contributed by atoms with Gasteiger partial charge in [-0.05, 0) is 48.6 Å². The highest BCUT2D eigenvalue weighted by Gasteiger charge is 2.41. The molecule has 132 valence electrons. The number of fused-ring (bicyclic) bond motifs is 2. The average molecular weight is 345 g/mol. The molecule has 6 heteroatoms. The van der Waals surface area contributed by atoms with Crippen LogP contribution in [0.15, 0.2) is 30.5 Å². The van der Waals surface area contributed by atoms with Crippen LogP contribution in [0.3, 0.4) is 0 Å². The Morgan fingerprint density at radius 3 is 2.68 bits per heavy atom. The lowest BCUT2D eigenvalue weighted by Gasteiger charge is -2.28. The van der Waals surface area contributed by atoms with Crippen molar-refractivity contribution in [2.24, 2.45) is 18.9 Å². The topological polar surface area (TPSA) is 38.1 Å². The molecule has 4 nitrogen and oxygen atoms in total. The van der Waals surface area contributed by atoms with E-state index in [2.05, 4.69) is 5.10 Å². The van der Waals surface area contributed by atoms with E-state index in [4.69, 9.17) is 0 Å². The van der Waals surface area contributed by atoms with Crippen LogP contribution in [0.25, 0.3) is 0 Å². The summed E-state index contributed by atoms with van der Waals surface area (Å²) in [5, 5.41) is 3.84. The number of carbonyl (C=O) groups is 1. The minimum absolute atomic E-state index is 0.156. The summed E-state index contributed by atoms with van der Waals surface area (Å²) in [4.78, 5) is 13.2. The van der Waals surface area contributed by atoms with Crippen LogP contribution in [0.4, 0.5) is 20.2 Å². The molecule has 2 bridgehead atoms. The molecule has 1 amide bonds. The van der Waals surface area contributed by atoms with Crippen molar-refractivity contribution in [1.82, 2.24) is 9.78 Å². The van der Waals surface area contributed by atoms with Crippen molar-refractivity contribution in [2.45, 2.75) is 38.0 Å². The zero-order chi connectivity index (χ0) is 17.6. The number of halogens is 2. The number of amides is 1. The van der Waals surface area contributed by atoms with E-state index in [9.17, 15) is 13.6 Å². The Morgan fingerprint density at radius 1 is 1.24 bits per heavy atom. The van der Waals surface area contributed by atoms with Crippen molar-refractivity contribution in [3.05, 3.63) is 41.7 Å². The van der Waals surface area contributed by atoms with Crippen molar-refractivity contribution < 1.29 is 13.6 Å². The fourth-order valence-corrected chi connectivity index (χ4v) is 4.72. The number of hydrogen-bond acceptors (Lipinski definition) is 2. The second-order valence-electron chi connectivity index (χ2n) is 7.19. The first-order valence-corrected chi connectivity index (χ1v) is 8.73. The minimum Gasteiger partial charge on any atom is -0.280 e. The molecule has 2 fully saturated rings. The van der Waals surface area contributed by atoms with Crippen LogP contribution in [0.1, 0.15) is 49.3 Å². The molecule has 0 radical (unpaired) electrons. The lowest BCUT2D eigenvalue weighted by molar-refractivity contribution is -0.106. The van der Waals surface area contributed by atoms with Crippen LogP contribution in [0.2, 0.25) is 0 Å². The number of aryl methyl sites for hydroxylation is 1. The Hall–Kier alpha value is -2.24. The number of alkyl halides is 2. The molecule has 0 saturated heterocycles. The minimum atomic E-state index is -2.73. The Balaban J connectivity index is 1.77. The molecule has 2 saturated carbocycles. The normalized spacial score (nSPS) is 24.9. The summed E-state index contributed by atoms with van der Waals surface area (Å²) in [6.07, 6.45) is 4.26. The van der Waals surface area contributed by atoms with Gasteiger partial charge in [0.2, 0.25) is 6.41 Å². The van der Waals surface area contributed by atoms with Gasteiger partial charge in [-0.1, -0.05) is 24.6 Å². The number of nitrogens with zero attached hydrogens (tertiary/aromatic N) is 3. The molecule has 25 heavy (non-hydrogen) atoms. The van der Waals surface area contributed by atoms with Crippen molar-refractivity contribution in [3.63, 3.8) is 0 Å². The second kappa shape index (κ2) is 6.24. The van der Waals surface area contributed by atoms with Crippen LogP contribution in [-0.4, -0.2) is 16.2 Å². The van der Waals surface area contributed by atoms with E-state index < -0.39 is 6.43 Å². The van der Waals surface area contributed by atoms with Crippen molar-refractivity contribution in [1.29, 1.82) is 0 Å². The number of anilines is 2. The summed E-state index contributed by atoms with van der Waals surface area (Å²) in [6.45, 7) is 0. The summed E-state index contributed by atoms with van der Waals surface area (Å²) < 4.78 is 28.0. The first-order valence-electron chi connectivity index (χ1n) is 8.73. The molecule has 0 N–H and O–H groups in total. The summed E-state index contributed by atoms with van der Waals surface area (Å²) in [5.41, 5.74) is 1.58. The standard InChI is InChI=1S/C19H21F2N3O/c1-23-10-17(18(22-23)19(20)21)24(11-25)16-5-3-2-4-14(16)15-9-12-6-7-13(15)8-12/h2-5,10-13,15,19H,6-9H2,1H3. The highest BCUT2D eigenvalue weighted by atomic mass is 19.3. The van der Waals surface area contributed by atoms with Gasteiger partial charge in [0.25, 0.3) is 6.43 Å². The second-order valence-corrected chi connectivity index (χ2v) is 7.19. The Labute approximate surface area is 145 Å². The zero-order valence-electron chi connectivity index (χ0n) is 14.1. The van der Waals surface area contributed by atoms with Crippen LogP contribution < -0.4 is 4.90 Å². The Kier molecular flexibility index (Phi) is 4.06. The molecule has 2 aliphatic rings. The summed E-state index contributed by atoms with van der Waals surface area (Å²) in [5.74, 6) is 1.81. The Bertz CT molecular complexity index is 789. The zero-order valence-corrected chi connectivity index (χ0v) is 14.1. The number of aromatic nitrogens is 2. The molecule has 1 aromatic carbocycles. The van der Waals surface area contributed by atoms with Gasteiger partial charge in [0, 0.05) is 13.2 Å². The molecule has 2 aromatic rings. The number of para-hydroxylation sites is 1. The van der Waals surface area contributed by atoms with Crippen molar-refractivity contribution >= 4 is 17.8 Å². The molecule has 0 spiro atoms. The first-order chi connectivity index (χ1) is 12.1. The average Bonchev–Trinajstić information content (AvgIpc) is 3.31. The third-order valence-corrected chi connectivity index (χ3v) is 5.74. The molecule has 1 aromatic heterocycles. The fraction of sp³-hybridized carbons (Fsp3) is 0.474. The van der Waals surface area contributed by atoms with Crippen LogP contribution >= 0.6 is 0 Å². The third-order valence-electron chi connectivity index (χ3n) is 5.74. The predicted molar refractivity (Wildman–Crippen MR) is 91.0 cm³/mol. The van der Waals surface area contributed by atoms with Gasteiger partial charge < -0.3 is 0 Å². The van der Waals surface area contributed by atoms with Gasteiger partial charge in [-0.3, -0.25) is 14.4 Å². The lowest BCUT2D eigenvalue weighted by atomic mass is 9.82. The van der Waals surface area contributed by atoms with Gasteiger partial charge >= 0.3 is 0 Å². The van der Waals surface area contributed by atoms with E-state index in [1.165, 1.54) is 35.0 Å².